The van der Waals surface area contributed by atoms with Crippen molar-refractivity contribution in [3.8, 4) is 0 Å². The van der Waals surface area contributed by atoms with Crippen LogP contribution in [0.5, 0.6) is 0 Å². The van der Waals surface area contributed by atoms with Crippen LogP contribution in [0.2, 0.25) is 0 Å². The molecule has 0 amide bonds. The maximum atomic E-state index is 3.50. The first kappa shape index (κ1) is 13.3. The molecule has 0 aromatic heterocycles. The molecule has 2 heteroatoms. The third kappa shape index (κ3) is 3.44. The van der Waals surface area contributed by atoms with Crippen molar-refractivity contribution in [2.24, 2.45) is 0 Å². The van der Waals surface area contributed by atoms with E-state index in [-0.39, 0.29) is 0 Å². The second-order valence-corrected chi connectivity index (χ2v) is 5.52. The van der Waals surface area contributed by atoms with Crippen molar-refractivity contribution >= 4 is 15.9 Å². The van der Waals surface area contributed by atoms with Crippen molar-refractivity contribution in [1.82, 2.24) is 5.32 Å². The van der Waals surface area contributed by atoms with E-state index >= 15 is 0 Å². The van der Waals surface area contributed by atoms with Gasteiger partial charge in [-0.05, 0) is 48.2 Å². The summed E-state index contributed by atoms with van der Waals surface area (Å²) in [6, 6.07) is 14.9. The van der Waals surface area contributed by atoms with Gasteiger partial charge in [0.05, 0.1) is 0 Å². The average molecular weight is 304 g/mol. The first-order chi connectivity index (χ1) is 8.66. The molecule has 2 aromatic rings. The summed E-state index contributed by atoms with van der Waals surface area (Å²) < 4.78 is 1.13. The van der Waals surface area contributed by atoms with Crippen LogP contribution in [0.4, 0.5) is 0 Å². The van der Waals surface area contributed by atoms with E-state index in [1.807, 2.05) is 0 Å². The van der Waals surface area contributed by atoms with Gasteiger partial charge in [0.1, 0.15) is 0 Å². The second kappa shape index (κ2) is 6.17. The summed E-state index contributed by atoms with van der Waals surface area (Å²) in [5, 5.41) is 3.50. The van der Waals surface area contributed by atoms with Gasteiger partial charge in [-0.3, -0.25) is 0 Å². The van der Waals surface area contributed by atoms with Crippen molar-refractivity contribution in [2.75, 3.05) is 0 Å². The first-order valence-electron chi connectivity index (χ1n) is 6.17. The predicted octanol–water partition coefficient (Wildman–Crippen LogP) is 4.36. The fourth-order valence-electron chi connectivity index (χ4n) is 2.06. The Kier molecular flexibility index (Phi) is 4.56. The summed E-state index contributed by atoms with van der Waals surface area (Å²) >= 11 is 3.45. The standard InChI is InChI=1S/C16H18BrN/c1-12-4-3-5-13(2)16(12)11-18-10-14-6-8-15(17)9-7-14/h3-9,18H,10-11H2,1-2H3. The summed E-state index contributed by atoms with van der Waals surface area (Å²) in [4.78, 5) is 0. The van der Waals surface area contributed by atoms with Crippen LogP contribution >= 0.6 is 15.9 Å². The summed E-state index contributed by atoms with van der Waals surface area (Å²) in [5.41, 5.74) is 5.44. The number of rotatable bonds is 4. The Bertz CT molecular complexity index is 497. The highest BCUT2D eigenvalue weighted by molar-refractivity contribution is 9.10. The lowest BCUT2D eigenvalue weighted by Crippen LogP contribution is -2.14. The van der Waals surface area contributed by atoms with Gasteiger partial charge in [-0.25, -0.2) is 0 Å². The number of hydrogen-bond acceptors (Lipinski definition) is 1. The van der Waals surface area contributed by atoms with E-state index in [2.05, 4.69) is 77.6 Å². The van der Waals surface area contributed by atoms with Crippen LogP contribution in [-0.4, -0.2) is 0 Å². The maximum Gasteiger partial charge on any atom is 0.0213 e. The molecular weight excluding hydrogens is 286 g/mol. The zero-order chi connectivity index (χ0) is 13.0. The summed E-state index contributed by atoms with van der Waals surface area (Å²) in [6.07, 6.45) is 0. The Hall–Kier alpha value is -1.12. The molecule has 0 unspecified atom stereocenters. The van der Waals surface area contributed by atoms with Gasteiger partial charge in [-0.2, -0.15) is 0 Å². The van der Waals surface area contributed by atoms with Gasteiger partial charge in [-0.15, -0.1) is 0 Å². The Morgan fingerprint density at radius 3 is 2.11 bits per heavy atom. The highest BCUT2D eigenvalue weighted by Gasteiger charge is 2.01. The molecule has 2 rings (SSSR count). The van der Waals surface area contributed by atoms with Crippen LogP contribution in [0.25, 0.3) is 0 Å². The molecule has 18 heavy (non-hydrogen) atoms. The van der Waals surface area contributed by atoms with E-state index < -0.39 is 0 Å². The quantitative estimate of drug-likeness (QED) is 0.885. The zero-order valence-corrected chi connectivity index (χ0v) is 12.4. The van der Waals surface area contributed by atoms with Crippen LogP contribution in [0.3, 0.4) is 0 Å². The van der Waals surface area contributed by atoms with Gasteiger partial charge in [0.25, 0.3) is 0 Å². The molecule has 94 valence electrons. The van der Waals surface area contributed by atoms with E-state index in [1.165, 1.54) is 22.3 Å². The molecule has 0 spiro atoms. The molecule has 0 saturated carbocycles. The van der Waals surface area contributed by atoms with Gasteiger partial charge in [0, 0.05) is 17.6 Å². The lowest BCUT2D eigenvalue weighted by molar-refractivity contribution is 0.688. The third-order valence-electron chi connectivity index (χ3n) is 3.19. The first-order valence-corrected chi connectivity index (χ1v) is 6.96. The molecule has 0 aliphatic carbocycles. The predicted molar refractivity (Wildman–Crippen MR) is 80.6 cm³/mol. The van der Waals surface area contributed by atoms with Crippen molar-refractivity contribution in [1.29, 1.82) is 0 Å². The smallest absolute Gasteiger partial charge is 0.0213 e. The number of nitrogens with one attached hydrogen (secondary N) is 1. The normalized spacial score (nSPS) is 10.6. The summed E-state index contributed by atoms with van der Waals surface area (Å²) in [5.74, 6) is 0. The fraction of sp³-hybridized carbons (Fsp3) is 0.250. The maximum absolute atomic E-state index is 3.50. The lowest BCUT2D eigenvalue weighted by atomic mass is 10.0. The second-order valence-electron chi connectivity index (χ2n) is 4.60. The van der Waals surface area contributed by atoms with Crippen LogP contribution in [0, 0.1) is 13.8 Å². The monoisotopic (exact) mass is 303 g/mol. The number of aryl methyl sites for hydroxylation is 2. The van der Waals surface area contributed by atoms with Crippen LogP contribution in [0.15, 0.2) is 46.9 Å². The topological polar surface area (TPSA) is 12.0 Å². The molecule has 0 atom stereocenters. The highest BCUT2D eigenvalue weighted by atomic mass is 79.9. The van der Waals surface area contributed by atoms with Gasteiger partial charge >= 0.3 is 0 Å². The zero-order valence-electron chi connectivity index (χ0n) is 10.8. The third-order valence-corrected chi connectivity index (χ3v) is 3.72. The van der Waals surface area contributed by atoms with Crippen molar-refractivity contribution in [2.45, 2.75) is 26.9 Å². The number of benzene rings is 2. The van der Waals surface area contributed by atoms with Gasteiger partial charge in [0.2, 0.25) is 0 Å². The van der Waals surface area contributed by atoms with Crippen LogP contribution in [0.1, 0.15) is 22.3 Å². The molecule has 2 aromatic carbocycles. The van der Waals surface area contributed by atoms with Crippen molar-refractivity contribution < 1.29 is 0 Å². The average Bonchev–Trinajstić information content (AvgIpc) is 2.35. The highest BCUT2D eigenvalue weighted by Crippen LogP contribution is 2.14. The van der Waals surface area contributed by atoms with Crippen LogP contribution in [-0.2, 0) is 13.1 Å². The van der Waals surface area contributed by atoms with E-state index in [9.17, 15) is 0 Å². The number of halogens is 1. The van der Waals surface area contributed by atoms with Gasteiger partial charge in [0.15, 0.2) is 0 Å². The SMILES string of the molecule is Cc1cccc(C)c1CNCc1ccc(Br)cc1. The van der Waals surface area contributed by atoms with Gasteiger partial charge < -0.3 is 5.32 Å². The summed E-state index contributed by atoms with van der Waals surface area (Å²) in [6.45, 7) is 6.17. The molecule has 0 heterocycles. The Morgan fingerprint density at radius 2 is 1.50 bits per heavy atom. The molecule has 0 aliphatic rings. The lowest BCUT2D eigenvalue weighted by Gasteiger charge is -2.11. The largest absolute Gasteiger partial charge is 0.309 e. The van der Waals surface area contributed by atoms with E-state index in [1.54, 1.807) is 0 Å². The molecule has 0 aliphatic heterocycles. The molecular formula is C16H18BrN. The van der Waals surface area contributed by atoms with Crippen molar-refractivity contribution in [3.63, 3.8) is 0 Å². The van der Waals surface area contributed by atoms with E-state index in [0.29, 0.717) is 0 Å². The van der Waals surface area contributed by atoms with Gasteiger partial charge in [-0.1, -0.05) is 46.3 Å². The minimum absolute atomic E-state index is 0.904. The van der Waals surface area contributed by atoms with E-state index in [0.717, 1.165) is 17.6 Å². The Labute approximate surface area is 117 Å². The molecule has 1 nitrogen and oxygen atoms in total. The number of hydrogen-bond donors (Lipinski definition) is 1. The molecule has 0 saturated heterocycles. The molecule has 0 radical (unpaired) electrons. The minimum atomic E-state index is 0.904. The summed E-state index contributed by atoms with van der Waals surface area (Å²) in [7, 11) is 0. The minimum Gasteiger partial charge on any atom is -0.309 e. The van der Waals surface area contributed by atoms with Crippen molar-refractivity contribution in [3.05, 3.63) is 69.2 Å². The van der Waals surface area contributed by atoms with E-state index in [4.69, 9.17) is 0 Å². The Morgan fingerprint density at radius 1 is 0.889 bits per heavy atom. The Balaban J connectivity index is 1.94. The fourth-order valence-corrected chi connectivity index (χ4v) is 2.33. The molecule has 1 N–H and O–H groups in total. The molecule has 0 bridgehead atoms. The molecule has 0 fully saturated rings. The van der Waals surface area contributed by atoms with Crippen LogP contribution < -0.4 is 5.32 Å².